The van der Waals surface area contributed by atoms with Crippen LogP contribution in [0.25, 0.3) is 0 Å². The number of nitrogens with one attached hydrogen (secondary N) is 2. The molecule has 2 N–H and O–H groups in total. The van der Waals surface area contributed by atoms with E-state index in [1.165, 1.54) is 0 Å². The fraction of sp³-hybridized carbons (Fsp3) is 0.240. The summed E-state index contributed by atoms with van der Waals surface area (Å²) >= 11 is 0. The van der Waals surface area contributed by atoms with Crippen LogP contribution in [-0.4, -0.2) is 26.2 Å². The van der Waals surface area contributed by atoms with Gasteiger partial charge in [0.05, 0.1) is 7.05 Å². The molecule has 0 radical (unpaired) electrons. The highest BCUT2D eigenvalue weighted by Gasteiger charge is 2.29. The Morgan fingerprint density at radius 1 is 0.967 bits per heavy atom. The second kappa shape index (κ2) is 9.01. The number of quaternary nitrogens is 1. The number of anilines is 1. The summed E-state index contributed by atoms with van der Waals surface area (Å²) < 4.78 is 11.3. The van der Waals surface area contributed by atoms with Crippen molar-refractivity contribution in [2.45, 2.75) is 19.5 Å². The van der Waals surface area contributed by atoms with Crippen LogP contribution in [0.4, 0.5) is 5.69 Å². The molecule has 0 aliphatic carbocycles. The number of carbonyl (C=O) groups is 1. The van der Waals surface area contributed by atoms with Crippen molar-refractivity contribution in [3.63, 3.8) is 0 Å². The fourth-order valence-corrected chi connectivity index (χ4v) is 3.78. The first kappa shape index (κ1) is 20.0. The molecule has 2 atom stereocenters. The van der Waals surface area contributed by atoms with Gasteiger partial charge in [-0.1, -0.05) is 48.0 Å². The summed E-state index contributed by atoms with van der Waals surface area (Å²) in [5, 5.41) is 3.08. The SMILES string of the molecule is Cc1ccc(NC(=O)[C@H](c2ccccc2)[NH+](C)Cc2ccc3c(c2)OCCO3)cc1. The first-order valence-corrected chi connectivity index (χ1v) is 10.2. The monoisotopic (exact) mass is 403 g/mol. The highest BCUT2D eigenvalue weighted by Crippen LogP contribution is 2.30. The Morgan fingerprint density at radius 2 is 1.67 bits per heavy atom. The molecule has 4 rings (SSSR count). The van der Waals surface area contributed by atoms with Crippen molar-refractivity contribution in [1.29, 1.82) is 0 Å². The van der Waals surface area contributed by atoms with E-state index in [0.29, 0.717) is 19.8 Å². The lowest BCUT2D eigenvalue weighted by Gasteiger charge is -2.25. The van der Waals surface area contributed by atoms with Gasteiger partial charge >= 0.3 is 0 Å². The predicted octanol–water partition coefficient (Wildman–Crippen LogP) is 3.16. The molecule has 0 bridgehead atoms. The number of rotatable bonds is 6. The summed E-state index contributed by atoms with van der Waals surface area (Å²) in [5.74, 6) is 1.52. The molecule has 5 nitrogen and oxygen atoms in total. The number of amides is 1. The minimum atomic E-state index is -0.347. The van der Waals surface area contributed by atoms with Crippen molar-refractivity contribution >= 4 is 11.6 Å². The Kier molecular flexibility index (Phi) is 6.00. The van der Waals surface area contributed by atoms with Gasteiger partial charge in [0.25, 0.3) is 5.91 Å². The molecule has 3 aromatic carbocycles. The maximum atomic E-state index is 13.3. The molecule has 0 saturated carbocycles. The molecular formula is C25H27N2O3+. The van der Waals surface area contributed by atoms with Gasteiger partial charge in [-0.15, -0.1) is 0 Å². The van der Waals surface area contributed by atoms with Crippen LogP contribution in [0.15, 0.2) is 72.8 Å². The second-order valence-corrected chi connectivity index (χ2v) is 7.70. The summed E-state index contributed by atoms with van der Waals surface area (Å²) in [4.78, 5) is 14.4. The lowest BCUT2D eigenvalue weighted by Crippen LogP contribution is -3.09. The van der Waals surface area contributed by atoms with E-state index in [0.717, 1.165) is 38.8 Å². The largest absolute Gasteiger partial charge is 0.486 e. The maximum Gasteiger partial charge on any atom is 0.287 e. The number of hydrogen-bond donors (Lipinski definition) is 2. The first-order chi connectivity index (χ1) is 14.6. The highest BCUT2D eigenvalue weighted by molar-refractivity contribution is 5.94. The number of likely N-dealkylation sites (N-methyl/N-ethyl adjacent to an activating group) is 1. The fourth-order valence-electron chi connectivity index (χ4n) is 3.78. The van der Waals surface area contributed by atoms with Crippen LogP contribution in [0.2, 0.25) is 0 Å². The number of fused-ring (bicyclic) bond motifs is 1. The normalized spacial score (nSPS) is 14.6. The van der Waals surface area contributed by atoms with Crippen molar-refractivity contribution in [3.05, 3.63) is 89.5 Å². The standard InChI is InChI=1S/C25H26N2O3/c1-18-8-11-21(12-9-18)26-25(28)24(20-6-4-3-5-7-20)27(2)17-19-10-13-22-23(16-19)30-15-14-29-22/h3-13,16,24H,14-15,17H2,1-2H3,(H,26,28)/p+1/t24-/m0/s1. The summed E-state index contributed by atoms with van der Waals surface area (Å²) in [6, 6.07) is 23.4. The van der Waals surface area contributed by atoms with Crippen LogP contribution in [0.3, 0.4) is 0 Å². The van der Waals surface area contributed by atoms with Crippen LogP contribution in [-0.2, 0) is 11.3 Å². The van der Waals surface area contributed by atoms with Crippen molar-refractivity contribution in [1.82, 2.24) is 0 Å². The Balaban J connectivity index is 1.56. The summed E-state index contributed by atoms with van der Waals surface area (Å²) in [7, 11) is 2.04. The Morgan fingerprint density at radius 3 is 2.40 bits per heavy atom. The maximum absolute atomic E-state index is 13.3. The Bertz CT molecular complexity index is 1000. The number of ether oxygens (including phenoxy) is 2. The molecule has 3 aromatic rings. The average molecular weight is 404 g/mol. The quantitative estimate of drug-likeness (QED) is 0.665. The molecule has 154 valence electrons. The Hall–Kier alpha value is -3.31. The van der Waals surface area contributed by atoms with Crippen LogP contribution < -0.4 is 19.7 Å². The smallest absolute Gasteiger partial charge is 0.287 e. The third-order valence-corrected chi connectivity index (χ3v) is 5.30. The molecule has 1 aliphatic rings. The second-order valence-electron chi connectivity index (χ2n) is 7.70. The highest BCUT2D eigenvalue weighted by atomic mass is 16.6. The van der Waals surface area contributed by atoms with Gasteiger partial charge in [0.2, 0.25) is 0 Å². The van der Waals surface area contributed by atoms with E-state index in [9.17, 15) is 4.79 Å². The molecule has 30 heavy (non-hydrogen) atoms. The molecule has 1 unspecified atom stereocenters. The topological polar surface area (TPSA) is 52.0 Å². The van der Waals surface area contributed by atoms with E-state index in [-0.39, 0.29) is 11.9 Å². The molecule has 1 aliphatic heterocycles. The third-order valence-electron chi connectivity index (χ3n) is 5.30. The van der Waals surface area contributed by atoms with Crippen LogP contribution >= 0.6 is 0 Å². The zero-order valence-electron chi connectivity index (χ0n) is 17.4. The van der Waals surface area contributed by atoms with E-state index in [2.05, 4.69) is 5.32 Å². The molecule has 5 heteroatoms. The zero-order chi connectivity index (χ0) is 20.9. The number of hydrogen-bond acceptors (Lipinski definition) is 3. The average Bonchev–Trinajstić information content (AvgIpc) is 2.76. The third kappa shape index (κ3) is 4.63. The van der Waals surface area contributed by atoms with Crippen LogP contribution in [0.5, 0.6) is 11.5 Å². The molecule has 1 amide bonds. The van der Waals surface area contributed by atoms with Crippen molar-refractivity contribution in [2.75, 3.05) is 25.6 Å². The molecule has 0 fully saturated rings. The number of aryl methyl sites for hydroxylation is 1. The van der Waals surface area contributed by atoms with Crippen molar-refractivity contribution < 1.29 is 19.2 Å². The van der Waals surface area contributed by atoms with Gasteiger partial charge in [-0.05, 0) is 37.3 Å². The van der Waals surface area contributed by atoms with Crippen molar-refractivity contribution in [2.24, 2.45) is 0 Å². The summed E-state index contributed by atoms with van der Waals surface area (Å²) in [6.07, 6.45) is 0. The van der Waals surface area contributed by atoms with Gasteiger partial charge in [0.1, 0.15) is 19.8 Å². The van der Waals surface area contributed by atoms with E-state index < -0.39 is 0 Å². The molecule has 0 spiro atoms. The Labute approximate surface area is 177 Å². The molecule has 0 aromatic heterocycles. The van der Waals surface area contributed by atoms with Gasteiger partial charge in [0.15, 0.2) is 17.5 Å². The molecular weight excluding hydrogens is 376 g/mol. The summed E-state index contributed by atoms with van der Waals surface area (Å²) in [5.41, 5.74) is 4.05. The molecule has 1 heterocycles. The van der Waals surface area contributed by atoms with Crippen LogP contribution in [0.1, 0.15) is 22.7 Å². The van der Waals surface area contributed by atoms with Gasteiger partial charge in [0, 0.05) is 16.8 Å². The van der Waals surface area contributed by atoms with Gasteiger partial charge in [-0.25, -0.2) is 0 Å². The lowest BCUT2D eigenvalue weighted by molar-refractivity contribution is -0.915. The van der Waals surface area contributed by atoms with E-state index >= 15 is 0 Å². The predicted molar refractivity (Wildman–Crippen MR) is 117 cm³/mol. The van der Waals surface area contributed by atoms with Crippen LogP contribution in [0, 0.1) is 6.92 Å². The minimum Gasteiger partial charge on any atom is -0.486 e. The van der Waals surface area contributed by atoms with Gasteiger partial charge in [-0.3, -0.25) is 4.79 Å². The van der Waals surface area contributed by atoms with E-state index in [1.54, 1.807) is 0 Å². The molecule has 0 saturated heterocycles. The zero-order valence-corrected chi connectivity index (χ0v) is 17.4. The number of benzene rings is 3. The summed E-state index contributed by atoms with van der Waals surface area (Å²) in [6.45, 7) is 3.85. The lowest BCUT2D eigenvalue weighted by atomic mass is 10.0. The van der Waals surface area contributed by atoms with Gasteiger partial charge < -0.3 is 19.7 Å². The van der Waals surface area contributed by atoms with Crippen molar-refractivity contribution in [3.8, 4) is 11.5 Å². The van der Waals surface area contributed by atoms with E-state index in [1.807, 2.05) is 86.8 Å². The van der Waals surface area contributed by atoms with Gasteiger partial charge in [-0.2, -0.15) is 0 Å². The first-order valence-electron chi connectivity index (χ1n) is 10.2. The van der Waals surface area contributed by atoms with E-state index in [4.69, 9.17) is 9.47 Å². The minimum absolute atomic E-state index is 0.0277. The number of carbonyl (C=O) groups excluding carboxylic acids is 1.